The van der Waals surface area contributed by atoms with Crippen molar-refractivity contribution in [2.75, 3.05) is 0 Å². The van der Waals surface area contributed by atoms with Crippen molar-refractivity contribution < 1.29 is 15.3 Å². The van der Waals surface area contributed by atoms with Crippen LogP contribution in [0.4, 0.5) is 0 Å². The summed E-state index contributed by atoms with van der Waals surface area (Å²) < 4.78 is 1.97. The number of nitrogens with zero attached hydrogens (tertiary/aromatic N) is 1. The topological polar surface area (TPSA) is 65.6 Å². The summed E-state index contributed by atoms with van der Waals surface area (Å²) in [5.41, 5.74) is 1.91. The average molecular weight is 235 g/mol. The maximum atomic E-state index is 9.40. The van der Waals surface area contributed by atoms with E-state index in [0.29, 0.717) is 6.54 Å². The van der Waals surface area contributed by atoms with Gasteiger partial charge in [-0.05, 0) is 24.6 Å². The van der Waals surface area contributed by atoms with E-state index in [2.05, 4.69) is 0 Å². The molecule has 0 bridgehead atoms. The van der Waals surface area contributed by atoms with Crippen molar-refractivity contribution in [1.29, 1.82) is 0 Å². The Kier molecular flexibility index (Phi) is 3.47. The lowest BCUT2D eigenvalue weighted by molar-refractivity contribution is -0.0379. The minimum absolute atomic E-state index is 0.218. The van der Waals surface area contributed by atoms with Gasteiger partial charge in [-0.2, -0.15) is 0 Å². The highest BCUT2D eigenvalue weighted by molar-refractivity contribution is 5.83. The van der Waals surface area contributed by atoms with E-state index in [1.165, 1.54) is 0 Å². The van der Waals surface area contributed by atoms with Crippen molar-refractivity contribution in [3.8, 4) is 0 Å². The second-order valence-corrected chi connectivity index (χ2v) is 4.35. The summed E-state index contributed by atoms with van der Waals surface area (Å²) in [6, 6.07) is 7.67. The molecule has 0 spiro atoms. The molecule has 0 aliphatic heterocycles. The van der Waals surface area contributed by atoms with Gasteiger partial charge in [-0.3, -0.25) is 0 Å². The first-order valence-corrected chi connectivity index (χ1v) is 5.69. The molecule has 4 heteroatoms. The average Bonchev–Trinajstić information content (AvgIpc) is 2.61. The van der Waals surface area contributed by atoms with Crippen LogP contribution in [0.25, 0.3) is 10.9 Å². The highest BCUT2D eigenvalue weighted by atomic mass is 16.5. The monoisotopic (exact) mass is 235 g/mol. The lowest BCUT2D eigenvalue weighted by Crippen LogP contribution is -2.11. The minimum atomic E-state index is -1.33. The Morgan fingerprint density at radius 3 is 2.59 bits per heavy atom. The van der Waals surface area contributed by atoms with E-state index >= 15 is 0 Å². The Morgan fingerprint density at radius 1 is 1.18 bits per heavy atom. The van der Waals surface area contributed by atoms with Gasteiger partial charge in [0.25, 0.3) is 0 Å². The molecular weight excluding hydrogens is 218 g/mol. The quantitative estimate of drug-likeness (QED) is 0.689. The van der Waals surface area contributed by atoms with Crippen molar-refractivity contribution in [2.24, 2.45) is 0 Å². The summed E-state index contributed by atoms with van der Waals surface area (Å²) in [4.78, 5) is 0. The number of aliphatic hydroxyl groups is 3. The molecule has 0 saturated carbocycles. The van der Waals surface area contributed by atoms with Gasteiger partial charge >= 0.3 is 0 Å². The first kappa shape index (κ1) is 12.1. The Bertz CT molecular complexity index is 502. The molecule has 0 saturated heterocycles. The first-order chi connectivity index (χ1) is 8.08. The van der Waals surface area contributed by atoms with Gasteiger partial charge in [-0.25, -0.2) is 0 Å². The summed E-state index contributed by atoms with van der Waals surface area (Å²) >= 11 is 0. The van der Waals surface area contributed by atoms with Crippen molar-refractivity contribution in [2.45, 2.75) is 32.3 Å². The van der Waals surface area contributed by atoms with E-state index < -0.39 is 12.4 Å². The van der Waals surface area contributed by atoms with E-state index in [9.17, 15) is 5.11 Å². The second kappa shape index (κ2) is 4.87. The van der Waals surface area contributed by atoms with Crippen LogP contribution in [-0.4, -0.2) is 32.3 Å². The van der Waals surface area contributed by atoms with E-state index in [4.69, 9.17) is 10.2 Å². The Balaban J connectivity index is 2.41. The van der Waals surface area contributed by atoms with Crippen molar-refractivity contribution >= 4 is 10.9 Å². The van der Waals surface area contributed by atoms with Gasteiger partial charge in [0.1, 0.15) is 0 Å². The zero-order valence-electron chi connectivity index (χ0n) is 9.74. The van der Waals surface area contributed by atoms with Gasteiger partial charge in [-0.15, -0.1) is 0 Å². The van der Waals surface area contributed by atoms with E-state index in [1.807, 2.05) is 35.0 Å². The number of aliphatic hydroxyl groups excluding tert-OH is 2. The van der Waals surface area contributed by atoms with Crippen LogP contribution in [0.15, 0.2) is 30.5 Å². The number of hydrogen-bond donors (Lipinski definition) is 3. The van der Waals surface area contributed by atoms with Gasteiger partial charge in [0.15, 0.2) is 6.29 Å². The number of aromatic nitrogens is 1. The standard InChI is InChI=1S/C13H17NO3/c1-9(15)8-14-6-5-11-10(7-13(16)17)3-2-4-12(11)14/h2-6,9,13,15-17H,7-8H2,1H3. The lowest BCUT2D eigenvalue weighted by atomic mass is 10.1. The molecule has 0 radical (unpaired) electrons. The second-order valence-electron chi connectivity index (χ2n) is 4.35. The summed E-state index contributed by atoms with van der Waals surface area (Å²) in [5, 5.41) is 28.5. The molecule has 2 rings (SSSR count). The van der Waals surface area contributed by atoms with Gasteiger partial charge in [-0.1, -0.05) is 12.1 Å². The third kappa shape index (κ3) is 2.66. The molecule has 17 heavy (non-hydrogen) atoms. The Hall–Kier alpha value is -1.36. The number of rotatable bonds is 4. The van der Waals surface area contributed by atoms with Crippen LogP contribution in [0.2, 0.25) is 0 Å². The molecule has 1 heterocycles. The van der Waals surface area contributed by atoms with Gasteiger partial charge in [0, 0.05) is 30.1 Å². The normalized spacial score (nSPS) is 13.5. The van der Waals surface area contributed by atoms with Crippen molar-refractivity contribution in [3.05, 3.63) is 36.0 Å². The predicted molar refractivity (Wildman–Crippen MR) is 65.5 cm³/mol. The maximum absolute atomic E-state index is 9.40. The van der Waals surface area contributed by atoms with Crippen molar-refractivity contribution in [3.63, 3.8) is 0 Å². The Morgan fingerprint density at radius 2 is 1.94 bits per heavy atom. The Labute approximate surface area is 99.7 Å². The molecule has 1 unspecified atom stereocenters. The first-order valence-electron chi connectivity index (χ1n) is 5.69. The highest BCUT2D eigenvalue weighted by Crippen LogP contribution is 2.21. The fraction of sp³-hybridized carbons (Fsp3) is 0.385. The number of hydrogen-bond acceptors (Lipinski definition) is 3. The van der Waals surface area contributed by atoms with Crippen LogP contribution >= 0.6 is 0 Å². The van der Waals surface area contributed by atoms with Gasteiger partial charge < -0.3 is 19.9 Å². The molecule has 0 amide bonds. The fourth-order valence-electron chi connectivity index (χ4n) is 2.11. The molecule has 1 aromatic carbocycles. The van der Waals surface area contributed by atoms with Crippen LogP contribution in [0.3, 0.4) is 0 Å². The predicted octanol–water partition coefficient (Wildman–Crippen LogP) is 0.875. The SMILES string of the molecule is CC(O)Cn1ccc2c(CC(O)O)cccc21. The molecule has 3 N–H and O–H groups in total. The summed E-state index contributed by atoms with van der Waals surface area (Å²) in [6.07, 6.45) is 0.388. The summed E-state index contributed by atoms with van der Waals surface area (Å²) in [7, 11) is 0. The largest absolute Gasteiger partial charge is 0.392 e. The third-order valence-electron chi connectivity index (χ3n) is 2.77. The van der Waals surface area contributed by atoms with Crippen LogP contribution in [-0.2, 0) is 13.0 Å². The molecule has 0 fully saturated rings. The smallest absolute Gasteiger partial charge is 0.155 e. The molecule has 4 nitrogen and oxygen atoms in total. The van der Waals surface area contributed by atoms with E-state index in [-0.39, 0.29) is 6.42 Å². The van der Waals surface area contributed by atoms with E-state index in [0.717, 1.165) is 16.5 Å². The molecule has 0 aliphatic rings. The lowest BCUT2D eigenvalue weighted by Gasteiger charge is -2.09. The maximum Gasteiger partial charge on any atom is 0.155 e. The van der Waals surface area contributed by atoms with Gasteiger partial charge in [0.05, 0.1) is 6.10 Å². The zero-order chi connectivity index (χ0) is 12.4. The van der Waals surface area contributed by atoms with Crippen molar-refractivity contribution in [1.82, 2.24) is 4.57 Å². The molecule has 92 valence electrons. The van der Waals surface area contributed by atoms with E-state index in [1.54, 1.807) is 6.92 Å². The minimum Gasteiger partial charge on any atom is -0.392 e. The van der Waals surface area contributed by atoms with Crippen LogP contribution in [0.5, 0.6) is 0 Å². The van der Waals surface area contributed by atoms with Gasteiger partial charge in [0.2, 0.25) is 0 Å². The summed E-state index contributed by atoms with van der Waals surface area (Å²) in [6.45, 7) is 2.28. The molecule has 0 aliphatic carbocycles. The molecule has 1 aromatic heterocycles. The van der Waals surface area contributed by atoms with Crippen LogP contribution in [0, 0.1) is 0 Å². The zero-order valence-corrected chi connectivity index (χ0v) is 9.74. The molecule has 2 aromatic rings. The van der Waals surface area contributed by atoms with Crippen LogP contribution < -0.4 is 0 Å². The number of fused-ring (bicyclic) bond motifs is 1. The third-order valence-corrected chi connectivity index (χ3v) is 2.77. The molecule has 1 atom stereocenters. The highest BCUT2D eigenvalue weighted by Gasteiger charge is 2.09. The molecular formula is C13H17NO3. The number of benzene rings is 1. The van der Waals surface area contributed by atoms with Crippen LogP contribution in [0.1, 0.15) is 12.5 Å². The fourth-order valence-corrected chi connectivity index (χ4v) is 2.11. The summed E-state index contributed by atoms with van der Waals surface area (Å²) in [5.74, 6) is 0.